The van der Waals surface area contributed by atoms with Crippen LogP contribution < -0.4 is 0 Å². The summed E-state index contributed by atoms with van der Waals surface area (Å²) < 4.78 is 0. The zero-order valence-electron chi connectivity index (χ0n) is 11.2. The van der Waals surface area contributed by atoms with Gasteiger partial charge in [-0.25, -0.2) is 4.79 Å². The van der Waals surface area contributed by atoms with E-state index < -0.39 is 12.1 Å². The maximum absolute atomic E-state index is 10.7. The SMILES string of the molecule is O=C(O)c1ccc(C(O)CCCc2ccccc2)cc1. The first kappa shape index (κ1) is 14.3. The van der Waals surface area contributed by atoms with E-state index in [9.17, 15) is 9.90 Å². The van der Waals surface area contributed by atoms with E-state index in [1.54, 1.807) is 12.1 Å². The Bertz CT molecular complexity index is 546. The highest BCUT2D eigenvalue weighted by molar-refractivity contribution is 5.87. The molecule has 0 fully saturated rings. The number of carboxylic acids is 1. The van der Waals surface area contributed by atoms with Gasteiger partial charge in [0.05, 0.1) is 11.7 Å². The summed E-state index contributed by atoms with van der Waals surface area (Å²) in [6.45, 7) is 0. The van der Waals surface area contributed by atoms with Crippen molar-refractivity contribution in [2.75, 3.05) is 0 Å². The second-order valence-corrected chi connectivity index (χ2v) is 4.82. The van der Waals surface area contributed by atoms with E-state index >= 15 is 0 Å². The topological polar surface area (TPSA) is 57.5 Å². The third-order valence-corrected chi connectivity index (χ3v) is 3.33. The van der Waals surface area contributed by atoms with Gasteiger partial charge in [-0.05, 0) is 42.5 Å². The molecule has 2 aromatic rings. The summed E-state index contributed by atoms with van der Waals surface area (Å²) in [6.07, 6.45) is 1.96. The highest BCUT2D eigenvalue weighted by Crippen LogP contribution is 2.20. The van der Waals surface area contributed by atoms with Crippen LogP contribution in [0.3, 0.4) is 0 Å². The van der Waals surface area contributed by atoms with Gasteiger partial charge in [-0.1, -0.05) is 42.5 Å². The normalized spacial score (nSPS) is 12.1. The van der Waals surface area contributed by atoms with Gasteiger partial charge < -0.3 is 10.2 Å². The van der Waals surface area contributed by atoms with Crippen LogP contribution in [0.25, 0.3) is 0 Å². The van der Waals surface area contributed by atoms with Gasteiger partial charge in [0, 0.05) is 0 Å². The summed E-state index contributed by atoms with van der Waals surface area (Å²) in [7, 11) is 0. The molecule has 2 aromatic carbocycles. The number of hydrogen-bond donors (Lipinski definition) is 2. The number of aryl methyl sites for hydroxylation is 1. The largest absolute Gasteiger partial charge is 0.478 e. The van der Waals surface area contributed by atoms with Crippen molar-refractivity contribution < 1.29 is 15.0 Å². The van der Waals surface area contributed by atoms with Gasteiger partial charge in [0.15, 0.2) is 0 Å². The standard InChI is InChI=1S/C17H18O3/c18-16(8-4-7-13-5-2-1-3-6-13)14-9-11-15(12-10-14)17(19)20/h1-3,5-6,9-12,16,18H,4,7-8H2,(H,19,20). The minimum Gasteiger partial charge on any atom is -0.478 e. The fourth-order valence-corrected chi connectivity index (χ4v) is 2.16. The van der Waals surface area contributed by atoms with Crippen LogP contribution in [0.2, 0.25) is 0 Å². The highest BCUT2D eigenvalue weighted by Gasteiger charge is 2.09. The Kier molecular flexibility index (Phi) is 4.91. The molecule has 0 radical (unpaired) electrons. The molecule has 0 aliphatic rings. The van der Waals surface area contributed by atoms with Gasteiger partial charge in [-0.3, -0.25) is 0 Å². The Morgan fingerprint density at radius 2 is 1.65 bits per heavy atom. The van der Waals surface area contributed by atoms with Crippen LogP contribution in [0.4, 0.5) is 0 Å². The summed E-state index contributed by atoms with van der Waals surface area (Å²) in [5.41, 5.74) is 2.27. The van der Waals surface area contributed by atoms with Crippen LogP contribution in [-0.4, -0.2) is 16.2 Å². The Labute approximate surface area is 118 Å². The molecule has 0 aliphatic carbocycles. The summed E-state index contributed by atoms with van der Waals surface area (Å²) in [5.74, 6) is -0.949. The third-order valence-electron chi connectivity index (χ3n) is 3.33. The Morgan fingerprint density at radius 1 is 1.00 bits per heavy atom. The lowest BCUT2D eigenvalue weighted by Crippen LogP contribution is -2.01. The van der Waals surface area contributed by atoms with Gasteiger partial charge in [-0.2, -0.15) is 0 Å². The summed E-state index contributed by atoms with van der Waals surface area (Å²) in [4.78, 5) is 10.7. The van der Waals surface area contributed by atoms with Crippen LogP contribution in [-0.2, 0) is 6.42 Å². The molecular weight excluding hydrogens is 252 g/mol. The fraction of sp³-hybridized carbons (Fsp3) is 0.235. The third kappa shape index (κ3) is 3.93. The Balaban J connectivity index is 1.85. The fourth-order valence-electron chi connectivity index (χ4n) is 2.16. The molecular formula is C17H18O3. The quantitative estimate of drug-likeness (QED) is 0.845. The van der Waals surface area contributed by atoms with Crippen molar-refractivity contribution in [1.82, 2.24) is 0 Å². The Morgan fingerprint density at radius 3 is 2.25 bits per heavy atom. The van der Waals surface area contributed by atoms with Crippen molar-refractivity contribution in [3.8, 4) is 0 Å². The highest BCUT2D eigenvalue weighted by atomic mass is 16.4. The molecule has 0 heterocycles. The number of carboxylic acid groups (broad SMARTS) is 1. The van der Waals surface area contributed by atoms with Gasteiger partial charge >= 0.3 is 5.97 Å². The van der Waals surface area contributed by atoms with Crippen LogP contribution in [0, 0.1) is 0 Å². The van der Waals surface area contributed by atoms with Crippen molar-refractivity contribution in [2.24, 2.45) is 0 Å². The number of aliphatic hydroxyl groups excluding tert-OH is 1. The molecule has 0 aromatic heterocycles. The molecule has 2 N–H and O–H groups in total. The van der Waals surface area contributed by atoms with Crippen molar-refractivity contribution in [2.45, 2.75) is 25.4 Å². The lowest BCUT2D eigenvalue weighted by Gasteiger charge is -2.11. The second-order valence-electron chi connectivity index (χ2n) is 4.82. The molecule has 0 bridgehead atoms. The van der Waals surface area contributed by atoms with Crippen LogP contribution >= 0.6 is 0 Å². The van der Waals surface area contributed by atoms with Gasteiger partial charge in [-0.15, -0.1) is 0 Å². The molecule has 3 heteroatoms. The number of hydrogen-bond acceptors (Lipinski definition) is 2. The molecule has 0 amide bonds. The lowest BCUT2D eigenvalue weighted by molar-refractivity contribution is 0.0696. The second kappa shape index (κ2) is 6.87. The van der Waals surface area contributed by atoms with Crippen molar-refractivity contribution in [3.05, 3.63) is 71.3 Å². The average molecular weight is 270 g/mol. The molecule has 20 heavy (non-hydrogen) atoms. The lowest BCUT2D eigenvalue weighted by atomic mass is 10.0. The Hall–Kier alpha value is -2.13. The molecule has 0 spiro atoms. The molecule has 0 aliphatic heterocycles. The van der Waals surface area contributed by atoms with E-state index in [1.807, 2.05) is 18.2 Å². The first-order chi connectivity index (χ1) is 9.66. The van der Waals surface area contributed by atoms with E-state index in [0.29, 0.717) is 6.42 Å². The molecule has 0 saturated heterocycles. The van der Waals surface area contributed by atoms with Crippen molar-refractivity contribution >= 4 is 5.97 Å². The maximum Gasteiger partial charge on any atom is 0.335 e. The van der Waals surface area contributed by atoms with Crippen LogP contribution in [0.15, 0.2) is 54.6 Å². The number of aliphatic hydroxyl groups is 1. The van der Waals surface area contributed by atoms with E-state index in [-0.39, 0.29) is 5.56 Å². The van der Waals surface area contributed by atoms with Gasteiger partial charge in [0.2, 0.25) is 0 Å². The minimum absolute atomic E-state index is 0.241. The van der Waals surface area contributed by atoms with Gasteiger partial charge in [0.1, 0.15) is 0 Å². The summed E-state index contributed by atoms with van der Waals surface area (Å²) in [6, 6.07) is 16.6. The maximum atomic E-state index is 10.7. The molecule has 3 nitrogen and oxygen atoms in total. The molecule has 104 valence electrons. The molecule has 1 atom stereocenters. The first-order valence-electron chi connectivity index (χ1n) is 6.72. The number of benzene rings is 2. The van der Waals surface area contributed by atoms with Gasteiger partial charge in [0.25, 0.3) is 0 Å². The van der Waals surface area contributed by atoms with E-state index in [1.165, 1.54) is 17.7 Å². The average Bonchev–Trinajstić information content (AvgIpc) is 2.48. The van der Waals surface area contributed by atoms with Crippen LogP contribution in [0.5, 0.6) is 0 Å². The summed E-state index contributed by atoms with van der Waals surface area (Å²) in [5, 5.41) is 18.9. The van der Waals surface area contributed by atoms with Crippen molar-refractivity contribution in [1.29, 1.82) is 0 Å². The van der Waals surface area contributed by atoms with Crippen LogP contribution in [0.1, 0.15) is 40.4 Å². The number of carbonyl (C=O) groups is 1. The molecule has 1 unspecified atom stereocenters. The zero-order valence-corrected chi connectivity index (χ0v) is 11.2. The molecule has 2 rings (SSSR count). The number of aromatic carboxylic acids is 1. The summed E-state index contributed by atoms with van der Waals surface area (Å²) >= 11 is 0. The minimum atomic E-state index is -0.949. The smallest absolute Gasteiger partial charge is 0.335 e. The number of rotatable bonds is 6. The first-order valence-corrected chi connectivity index (χ1v) is 6.72. The van der Waals surface area contributed by atoms with E-state index in [4.69, 9.17) is 5.11 Å². The van der Waals surface area contributed by atoms with E-state index in [0.717, 1.165) is 18.4 Å². The zero-order chi connectivity index (χ0) is 14.4. The predicted octanol–water partition coefficient (Wildman–Crippen LogP) is 3.44. The predicted molar refractivity (Wildman–Crippen MR) is 77.7 cm³/mol. The molecule has 0 saturated carbocycles. The van der Waals surface area contributed by atoms with E-state index in [2.05, 4.69) is 12.1 Å². The monoisotopic (exact) mass is 270 g/mol. The van der Waals surface area contributed by atoms with Crippen molar-refractivity contribution in [3.63, 3.8) is 0 Å².